The molecule has 1 N–H and O–H groups in total. The van der Waals surface area contributed by atoms with Gasteiger partial charge in [-0.25, -0.2) is 0 Å². The van der Waals surface area contributed by atoms with Gasteiger partial charge in [0.15, 0.2) is 0 Å². The molecule has 17 heavy (non-hydrogen) atoms. The molecular weight excluding hydrogens is 216 g/mol. The molecule has 2 rings (SSSR count). The smallest absolute Gasteiger partial charge is 0.223 e. The number of likely N-dealkylation sites (N-methyl/N-ethyl adjacent to an activating group) is 1. The molecular formula is C13H24N2O2. The molecule has 1 heterocycles. The fourth-order valence-electron chi connectivity index (χ4n) is 3.26. The number of carbonyl (C=O) groups is 1. The zero-order valence-corrected chi connectivity index (χ0v) is 11.0. The molecule has 0 bridgehead atoms. The molecule has 1 saturated heterocycles. The van der Waals surface area contributed by atoms with E-state index in [1.807, 2.05) is 4.90 Å². The zero-order chi connectivity index (χ0) is 12.5. The van der Waals surface area contributed by atoms with Crippen molar-refractivity contribution in [1.82, 2.24) is 9.80 Å². The first-order chi connectivity index (χ1) is 8.07. The maximum Gasteiger partial charge on any atom is 0.223 e. The van der Waals surface area contributed by atoms with Crippen LogP contribution in [0.4, 0.5) is 0 Å². The number of aliphatic hydroxyl groups excluding tert-OH is 1. The van der Waals surface area contributed by atoms with Crippen molar-refractivity contribution >= 4 is 5.91 Å². The summed E-state index contributed by atoms with van der Waals surface area (Å²) >= 11 is 0. The Morgan fingerprint density at radius 1 is 1.41 bits per heavy atom. The standard InChI is InChI=1S/C13H24N2O2/c1-14(2)13(5-3-4-6-13)10-15-8-11(9-16)7-12(15)17/h11,16H,3-10H2,1-2H3. The van der Waals surface area contributed by atoms with Crippen molar-refractivity contribution in [2.24, 2.45) is 5.92 Å². The highest BCUT2D eigenvalue weighted by molar-refractivity contribution is 5.78. The van der Waals surface area contributed by atoms with E-state index >= 15 is 0 Å². The van der Waals surface area contributed by atoms with E-state index in [2.05, 4.69) is 19.0 Å². The summed E-state index contributed by atoms with van der Waals surface area (Å²) in [4.78, 5) is 16.1. The first kappa shape index (κ1) is 12.8. The molecule has 1 atom stereocenters. The average Bonchev–Trinajstić information content (AvgIpc) is 2.88. The number of likely N-dealkylation sites (tertiary alicyclic amines) is 1. The van der Waals surface area contributed by atoms with E-state index in [-0.39, 0.29) is 24.0 Å². The van der Waals surface area contributed by atoms with Gasteiger partial charge in [-0.3, -0.25) is 4.79 Å². The third-order valence-corrected chi connectivity index (χ3v) is 4.52. The number of carbonyl (C=O) groups excluding carboxylic acids is 1. The van der Waals surface area contributed by atoms with Crippen LogP contribution in [-0.2, 0) is 4.79 Å². The highest BCUT2D eigenvalue weighted by Crippen LogP contribution is 2.35. The average molecular weight is 240 g/mol. The molecule has 1 unspecified atom stereocenters. The molecule has 1 amide bonds. The Kier molecular flexibility index (Phi) is 3.73. The van der Waals surface area contributed by atoms with Crippen molar-refractivity contribution in [3.05, 3.63) is 0 Å². The van der Waals surface area contributed by atoms with Gasteiger partial charge in [0.1, 0.15) is 0 Å². The van der Waals surface area contributed by atoms with E-state index in [4.69, 9.17) is 5.11 Å². The summed E-state index contributed by atoms with van der Waals surface area (Å²) in [5, 5.41) is 9.15. The first-order valence-electron chi connectivity index (χ1n) is 6.63. The normalized spacial score (nSPS) is 28.4. The molecule has 2 fully saturated rings. The van der Waals surface area contributed by atoms with Gasteiger partial charge in [0.25, 0.3) is 0 Å². The van der Waals surface area contributed by atoms with Crippen LogP contribution in [-0.4, -0.2) is 60.1 Å². The highest BCUT2D eigenvalue weighted by Gasteiger charge is 2.41. The van der Waals surface area contributed by atoms with Crippen LogP contribution in [0.15, 0.2) is 0 Å². The Hall–Kier alpha value is -0.610. The third kappa shape index (κ3) is 2.47. The fourth-order valence-corrected chi connectivity index (χ4v) is 3.26. The molecule has 4 heteroatoms. The van der Waals surface area contributed by atoms with Crippen molar-refractivity contribution in [2.45, 2.75) is 37.6 Å². The number of aliphatic hydroxyl groups is 1. The van der Waals surface area contributed by atoms with E-state index in [1.165, 1.54) is 25.7 Å². The lowest BCUT2D eigenvalue weighted by Gasteiger charge is -2.39. The molecule has 0 spiro atoms. The molecule has 0 aromatic heterocycles. The van der Waals surface area contributed by atoms with Gasteiger partial charge in [-0.15, -0.1) is 0 Å². The van der Waals surface area contributed by atoms with Gasteiger partial charge in [0, 0.05) is 37.6 Å². The molecule has 98 valence electrons. The Balaban J connectivity index is 2.02. The number of hydrogen-bond donors (Lipinski definition) is 1. The zero-order valence-electron chi connectivity index (χ0n) is 11.0. The summed E-state index contributed by atoms with van der Waals surface area (Å²) < 4.78 is 0. The van der Waals surface area contributed by atoms with Gasteiger partial charge < -0.3 is 14.9 Å². The van der Waals surface area contributed by atoms with Crippen molar-refractivity contribution in [3.63, 3.8) is 0 Å². The molecule has 0 radical (unpaired) electrons. The minimum atomic E-state index is 0.136. The van der Waals surface area contributed by atoms with Gasteiger partial charge in [-0.2, -0.15) is 0 Å². The summed E-state index contributed by atoms with van der Waals surface area (Å²) in [5.41, 5.74) is 0.181. The number of nitrogens with zero attached hydrogens (tertiary/aromatic N) is 2. The van der Waals surface area contributed by atoms with Crippen LogP contribution in [0.3, 0.4) is 0 Å². The topological polar surface area (TPSA) is 43.8 Å². The summed E-state index contributed by atoms with van der Waals surface area (Å²) in [6.45, 7) is 1.72. The Morgan fingerprint density at radius 3 is 2.53 bits per heavy atom. The maximum atomic E-state index is 11.9. The van der Waals surface area contributed by atoms with E-state index in [9.17, 15) is 4.79 Å². The van der Waals surface area contributed by atoms with Crippen molar-refractivity contribution < 1.29 is 9.90 Å². The quantitative estimate of drug-likeness (QED) is 0.787. The third-order valence-electron chi connectivity index (χ3n) is 4.52. The lowest BCUT2D eigenvalue weighted by Crippen LogP contribution is -2.51. The summed E-state index contributed by atoms with van der Waals surface area (Å²) in [5.74, 6) is 0.375. The minimum absolute atomic E-state index is 0.136. The van der Waals surface area contributed by atoms with Crippen LogP contribution < -0.4 is 0 Å². The van der Waals surface area contributed by atoms with Crippen molar-refractivity contribution in [2.75, 3.05) is 33.8 Å². The lowest BCUT2D eigenvalue weighted by atomic mass is 9.95. The summed E-state index contributed by atoms with van der Waals surface area (Å²) in [6, 6.07) is 0. The number of rotatable bonds is 4. The predicted molar refractivity (Wildman–Crippen MR) is 66.7 cm³/mol. The Bertz CT molecular complexity index is 285. The van der Waals surface area contributed by atoms with E-state index in [0.29, 0.717) is 6.42 Å². The van der Waals surface area contributed by atoms with Crippen LogP contribution in [0.5, 0.6) is 0 Å². The predicted octanol–water partition coefficient (Wildman–Crippen LogP) is 0.702. The molecule has 2 aliphatic rings. The number of hydrogen-bond acceptors (Lipinski definition) is 3. The van der Waals surface area contributed by atoms with Crippen LogP contribution in [0, 0.1) is 5.92 Å². The fraction of sp³-hybridized carbons (Fsp3) is 0.923. The molecule has 0 aromatic carbocycles. The summed E-state index contributed by atoms with van der Waals surface area (Å²) in [6.07, 6.45) is 5.44. The highest BCUT2D eigenvalue weighted by atomic mass is 16.3. The second-order valence-corrected chi connectivity index (χ2v) is 5.85. The van der Waals surface area contributed by atoms with Crippen molar-refractivity contribution in [3.8, 4) is 0 Å². The molecule has 1 aliphatic heterocycles. The maximum absolute atomic E-state index is 11.9. The Labute approximate surface area is 104 Å². The van der Waals surface area contributed by atoms with Crippen LogP contribution >= 0.6 is 0 Å². The monoisotopic (exact) mass is 240 g/mol. The van der Waals surface area contributed by atoms with Gasteiger partial charge >= 0.3 is 0 Å². The molecule has 1 aliphatic carbocycles. The van der Waals surface area contributed by atoms with Crippen LogP contribution in [0.1, 0.15) is 32.1 Å². The van der Waals surface area contributed by atoms with Gasteiger partial charge in [-0.1, -0.05) is 12.8 Å². The second-order valence-electron chi connectivity index (χ2n) is 5.85. The van der Waals surface area contributed by atoms with E-state index in [0.717, 1.165) is 13.1 Å². The Morgan fingerprint density at radius 2 is 2.06 bits per heavy atom. The first-order valence-corrected chi connectivity index (χ1v) is 6.63. The van der Waals surface area contributed by atoms with Gasteiger partial charge in [-0.05, 0) is 26.9 Å². The SMILES string of the molecule is CN(C)C1(CN2CC(CO)CC2=O)CCCC1. The molecule has 4 nitrogen and oxygen atoms in total. The second kappa shape index (κ2) is 4.94. The van der Waals surface area contributed by atoms with E-state index in [1.54, 1.807) is 0 Å². The van der Waals surface area contributed by atoms with Crippen LogP contribution in [0.25, 0.3) is 0 Å². The molecule has 1 saturated carbocycles. The van der Waals surface area contributed by atoms with Gasteiger partial charge in [0.05, 0.1) is 0 Å². The summed E-state index contributed by atoms with van der Waals surface area (Å²) in [7, 11) is 4.24. The van der Waals surface area contributed by atoms with Gasteiger partial charge in [0.2, 0.25) is 5.91 Å². The lowest BCUT2D eigenvalue weighted by molar-refractivity contribution is -0.129. The minimum Gasteiger partial charge on any atom is -0.396 e. The largest absolute Gasteiger partial charge is 0.396 e. The molecule has 0 aromatic rings. The number of amides is 1. The van der Waals surface area contributed by atoms with E-state index < -0.39 is 0 Å². The van der Waals surface area contributed by atoms with Crippen molar-refractivity contribution in [1.29, 1.82) is 0 Å². The van der Waals surface area contributed by atoms with Crippen LogP contribution in [0.2, 0.25) is 0 Å².